The summed E-state index contributed by atoms with van der Waals surface area (Å²) in [6.07, 6.45) is 0.530. The highest BCUT2D eigenvalue weighted by Crippen LogP contribution is 2.27. The van der Waals surface area contributed by atoms with Crippen LogP contribution in [0.15, 0.2) is 18.2 Å². The third-order valence-corrected chi connectivity index (χ3v) is 6.36. The molecule has 1 aliphatic heterocycles. The SMILES string of the molecule is CCN(C(=O)c1c(C)[nH]c2ccc(C)cc12)C1CCS(=O)(=O)C1. The van der Waals surface area contributed by atoms with Gasteiger partial charge in [0.25, 0.3) is 5.91 Å². The number of carbonyl (C=O) groups excluding carboxylic acids is 1. The molecule has 2 heterocycles. The topological polar surface area (TPSA) is 70.2 Å². The molecule has 1 N–H and O–H groups in total. The van der Waals surface area contributed by atoms with Crippen molar-refractivity contribution < 1.29 is 13.2 Å². The van der Waals surface area contributed by atoms with Crippen molar-refractivity contribution in [3.8, 4) is 0 Å². The van der Waals surface area contributed by atoms with E-state index in [9.17, 15) is 13.2 Å². The normalized spacial score (nSPS) is 20.0. The van der Waals surface area contributed by atoms with E-state index < -0.39 is 9.84 Å². The molecule has 1 amide bonds. The number of aromatic amines is 1. The van der Waals surface area contributed by atoms with E-state index in [2.05, 4.69) is 4.98 Å². The molecule has 1 aromatic carbocycles. The van der Waals surface area contributed by atoms with Crippen molar-refractivity contribution in [1.29, 1.82) is 0 Å². The van der Waals surface area contributed by atoms with E-state index in [4.69, 9.17) is 0 Å². The number of nitrogens with zero attached hydrogens (tertiary/aromatic N) is 1. The first-order chi connectivity index (χ1) is 10.8. The van der Waals surface area contributed by atoms with E-state index >= 15 is 0 Å². The van der Waals surface area contributed by atoms with Gasteiger partial charge in [0.1, 0.15) is 0 Å². The minimum atomic E-state index is -3.01. The lowest BCUT2D eigenvalue weighted by Gasteiger charge is -2.27. The first-order valence-electron chi connectivity index (χ1n) is 7.92. The van der Waals surface area contributed by atoms with Crippen LogP contribution in [0.25, 0.3) is 10.9 Å². The van der Waals surface area contributed by atoms with Gasteiger partial charge in [-0.3, -0.25) is 4.79 Å². The monoisotopic (exact) mass is 334 g/mol. The van der Waals surface area contributed by atoms with Crippen LogP contribution in [0.5, 0.6) is 0 Å². The zero-order valence-corrected chi connectivity index (χ0v) is 14.5. The number of benzene rings is 1. The molecule has 1 unspecified atom stereocenters. The number of amides is 1. The molecule has 2 aromatic rings. The number of sulfone groups is 1. The molecule has 0 saturated carbocycles. The summed E-state index contributed by atoms with van der Waals surface area (Å²) in [4.78, 5) is 18.1. The predicted molar refractivity (Wildman–Crippen MR) is 91.5 cm³/mol. The van der Waals surface area contributed by atoms with Crippen LogP contribution in [0.2, 0.25) is 0 Å². The highest BCUT2D eigenvalue weighted by atomic mass is 32.2. The molecule has 1 fully saturated rings. The van der Waals surface area contributed by atoms with Gasteiger partial charge in [-0.25, -0.2) is 8.42 Å². The summed E-state index contributed by atoms with van der Waals surface area (Å²) in [5.74, 6) is 0.171. The summed E-state index contributed by atoms with van der Waals surface area (Å²) >= 11 is 0. The maximum Gasteiger partial charge on any atom is 0.256 e. The average Bonchev–Trinajstić information content (AvgIpc) is 2.98. The standard InChI is InChI=1S/C17H22N2O3S/c1-4-19(13-7-8-23(21,22)10-13)17(20)16-12(3)18-15-6-5-11(2)9-14(15)16/h5-6,9,13,18H,4,7-8,10H2,1-3H3. The van der Waals surface area contributed by atoms with Crippen LogP contribution >= 0.6 is 0 Å². The van der Waals surface area contributed by atoms with Crippen molar-refractivity contribution in [2.75, 3.05) is 18.1 Å². The second-order valence-electron chi connectivity index (χ2n) is 6.32. The quantitative estimate of drug-likeness (QED) is 0.937. The Labute approximate surface area is 136 Å². The fourth-order valence-electron chi connectivity index (χ4n) is 3.45. The zero-order chi connectivity index (χ0) is 16.8. The lowest BCUT2D eigenvalue weighted by molar-refractivity contribution is 0.0709. The van der Waals surface area contributed by atoms with Gasteiger partial charge in [-0.05, 0) is 39.3 Å². The molecule has 1 atom stereocenters. The number of carbonyl (C=O) groups is 1. The number of rotatable bonds is 3. The molecule has 5 nitrogen and oxygen atoms in total. The smallest absolute Gasteiger partial charge is 0.256 e. The summed E-state index contributed by atoms with van der Waals surface area (Å²) in [6, 6.07) is 5.77. The Morgan fingerprint density at radius 3 is 2.70 bits per heavy atom. The Morgan fingerprint density at radius 1 is 1.35 bits per heavy atom. The summed E-state index contributed by atoms with van der Waals surface area (Å²) < 4.78 is 23.5. The molecule has 124 valence electrons. The first kappa shape index (κ1) is 16.1. The Kier molecular flexibility index (Phi) is 3.96. The molecule has 6 heteroatoms. The summed E-state index contributed by atoms with van der Waals surface area (Å²) in [6.45, 7) is 6.30. The molecule has 1 aliphatic rings. The van der Waals surface area contributed by atoms with Gasteiger partial charge in [-0.15, -0.1) is 0 Å². The van der Waals surface area contributed by atoms with Gasteiger partial charge in [0.2, 0.25) is 0 Å². The molecule has 1 aromatic heterocycles. The molecule has 0 radical (unpaired) electrons. The van der Waals surface area contributed by atoms with Crippen LogP contribution in [0, 0.1) is 13.8 Å². The zero-order valence-electron chi connectivity index (χ0n) is 13.7. The number of aryl methyl sites for hydroxylation is 2. The fraction of sp³-hybridized carbons (Fsp3) is 0.471. The number of nitrogens with one attached hydrogen (secondary N) is 1. The van der Waals surface area contributed by atoms with E-state index in [0.717, 1.165) is 22.2 Å². The van der Waals surface area contributed by atoms with Crippen molar-refractivity contribution in [2.45, 2.75) is 33.2 Å². The molecule has 0 bridgehead atoms. The summed E-state index contributed by atoms with van der Waals surface area (Å²) in [7, 11) is -3.01. The third-order valence-electron chi connectivity index (χ3n) is 4.61. The molecule has 0 aliphatic carbocycles. The van der Waals surface area contributed by atoms with Gasteiger partial charge in [-0.1, -0.05) is 11.6 Å². The van der Waals surface area contributed by atoms with E-state index in [-0.39, 0.29) is 23.5 Å². The number of hydrogen-bond donors (Lipinski definition) is 1. The van der Waals surface area contributed by atoms with Crippen molar-refractivity contribution in [1.82, 2.24) is 9.88 Å². The first-order valence-corrected chi connectivity index (χ1v) is 9.75. The van der Waals surface area contributed by atoms with Crippen LogP contribution in [-0.2, 0) is 9.84 Å². The van der Waals surface area contributed by atoms with Gasteiger partial charge in [0.15, 0.2) is 9.84 Å². The highest BCUT2D eigenvalue weighted by Gasteiger charge is 2.35. The van der Waals surface area contributed by atoms with Crippen LogP contribution in [0.4, 0.5) is 0 Å². The largest absolute Gasteiger partial charge is 0.358 e. The maximum absolute atomic E-state index is 13.1. The lowest BCUT2D eigenvalue weighted by atomic mass is 10.1. The molecule has 0 spiro atoms. The van der Waals surface area contributed by atoms with Crippen LogP contribution in [0.1, 0.15) is 35.0 Å². The Balaban J connectivity index is 2.02. The van der Waals surface area contributed by atoms with Crippen LogP contribution in [0.3, 0.4) is 0 Å². The number of aromatic nitrogens is 1. The third kappa shape index (κ3) is 2.87. The predicted octanol–water partition coefficient (Wildman–Crippen LogP) is 2.43. The van der Waals surface area contributed by atoms with Gasteiger partial charge >= 0.3 is 0 Å². The van der Waals surface area contributed by atoms with Crippen LogP contribution in [-0.4, -0.2) is 48.3 Å². The highest BCUT2D eigenvalue weighted by molar-refractivity contribution is 7.91. The van der Waals surface area contributed by atoms with Crippen molar-refractivity contribution in [2.24, 2.45) is 0 Å². The number of fused-ring (bicyclic) bond motifs is 1. The van der Waals surface area contributed by atoms with Gasteiger partial charge in [0.05, 0.1) is 17.1 Å². The van der Waals surface area contributed by atoms with E-state index in [1.807, 2.05) is 39.0 Å². The van der Waals surface area contributed by atoms with Gasteiger partial charge in [0, 0.05) is 29.2 Å². The molecular formula is C17H22N2O3S. The minimum absolute atomic E-state index is 0.0764. The molecule has 23 heavy (non-hydrogen) atoms. The van der Waals surface area contributed by atoms with Crippen LogP contribution < -0.4 is 0 Å². The maximum atomic E-state index is 13.1. The fourth-order valence-corrected chi connectivity index (χ4v) is 5.18. The second kappa shape index (κ2) is 5.67. The molecule has 1 saturated heterocycles. The Bertz CT molecular complexity index is 867. The molecular weight excluding hydrogens is 312 g/mol. The Hall–Kier alpha value is -1.82. The van der Waals surface area contributed by atoms with Gasteiger partial charge in [-0.2, -0.15) is 0 Å². The number of hydrogen-bond acceptors (Lipinski definition) is 3. The minimum Gasteiger partial charge on any atom is -0.358 e. The van der Waals surface area contributed by atoms with Gasteiger partial charge < -0.3 is 9.88 Å². The average molecular weight is 334 g/mol. The van der Waals surface area contributed by atoms with Crippen molar-refractivity contribution in [3.05, 3.63) is 35.0 Å². The van der Waals surface area contributed by atoms with E-state index in [1.54, 1.807) is 4.90 Å². The summed E-state index contributed by atoms with van der Waals surface area (Å²) in [5.41, 5.74) is 3.52. The lowest BCUT2D eigenvalue weighted by Crippen LogP contribution is -2.41. The van der Waals surface area contributed by atoms with Crippen molar-refractivity contribution in [3.63, 3.8) is 0 Å². The summed E-state index contributed by atoms with van der Waals surface area (Å²) in [5, 5.41) is 0.909. The number of H-pyrrole nitrogens is 1. The second-order valence-corrected chi connectivity index (χ2v) is 8.55. The van der Waals surface area contributed by atoms with E-state index in [1.165, 1.54) is 0 Å². The Morgan fingerprint density at radius 2 is 2.09 bits per heavy atom. The molecule has 3 rings (SSSR count). The van der Waals surface area contributed by atoms with Crippen molar-refractivity contribution >= 4 is 26.6 Å². The van der Waals surface area contributed by atoms with E-state index in [0.29, 0.717) is 18.5 Å².